The van der Waals surface area contributed by atoms with Crippen molar-refractivity contribution in [1.29, 1.82) is 0 Å². The molecule has 6 atom stereocenters. The molecule has 1 N–H and O–H groups in total. The first-order valence-electron chi connectivity index (χ1n) is 9.20. The number of rotatable bonds is 4. The predicted molar refractivity (Wildman–Crippen MR) is 91.2 cm³/mol. The fourth-order valence-electron chi connectivity index (χ4n) is 5.45. The average Bonchev–Trinajstić information content (AvgIpc) is 2.71. The Morgan fingerprint density at radius 1 is 1.21 bits per heavy atom. The molecule has 0 spiro atoms. The Hall–Kier alpha value is -1.64. The lowest BCUT2D eigenvalue weighted by Crippen LogP contribution is -2.76. The lowest BCUT2D eigenvalue weighted by atomic mass is 9.41. The molecule has 5 rings (SSSR count). The summed E-state index contributed by atoms with van der Waals surface area (Å²) in [5.74, 6) is -1.77. The van der Waals surface area contributed by atoms with E-state index in [4.69, 9.17) is 14.2 Å². The molecule has 1 heterocycles. The second-order valence-electron chi connectivity index (χ2n) is 8.50. The van der Waals surface area contributed by atoms with Crippen LogP contribution >= 0.6 is 0 Å². The largest absolute Gasteiger partial charge is 0.459 e. The van der Waals surface area contributed by atoms with Gasteiger partial charge >= 0.3 is 12.1 Å². The molecule has 0 radical (unpaired) electrons. The maximum atomic E-state index is 14.1. The number of halogens is 3. The van der Waals surface area contributed by atoms with E-state index in [9.17, 15) is 23.1 Å². The van der Waals surface area contributed by atoms with Gasteiger partial charge in [-0.25, -0.2) is 4.79 Å². The second kappa shape index (κ2) is 5.70. The molecule has 4 fully saturated rings. The van der Waals surface area contributed by atoms with Gasteiger partial charge in [0, 0.05) is 30.4 Å². The topological polar surface area (TPSA) is 65.0 Å². The number of methoxy groups -OCH3 is 1. The van der Waals surface area contributed by atoms with E-state index in [1.165, 1.54) is 24.3 Å². The summed E-state index contributed by atoms with van der Waals surface area (Å²) >= 11 is 0. The van der Waals surface area contributed by atoms with E-state index in [2.05, 4.69) is 0 Å². The normalized spacial score (nSPS) is 41.1. The van der Waals surface area contributed by atoms with E-state index in [1.54, 1.807) is 13.0 Å². The van der Waals surface area contributed by atoms with Gasteiger partial charge in [0.15, 0.2) is 0 Å². The number of fused-ring (bicyclic) bond motifs is 1. The van der Waals surface area contributed by atoms with Gasteiger partial charge in [-0.05, 0) is 13.3 Å². The van der Waals surface area contributed by atoms with Crippen molar-refractivity contribution < 1.29 is 37.3 Å². The molecule has 1 saturated heterocycles. The lowest BCUT2D eigenvalue weighted by Gasteiger charge is -2.65. The van der Waals surface area contributed by atoms with E-state index < -0.39 is 40.5 Å². The van der Waals surface area contributed by atoms with E-state index in [0.717, 1.165) is 7.11 Å². The fourth-order valence-corrected chi connectivity index (χ4v) is 5.45. The highest BCUT2D eigenvalue weighted by molar-refractivity contribution is 5.83. The van der Waals surface area contributed by atoms with Crippen LogP contribution in [0.1, 0.15) is 32.3 Å². The van der Waals surface area contributed by atoms with Crippen molar-refractivity contribution in [3.8, 4) is 0 Å². The summed E-state index contributed by atoms with van der Waals surface area (Å²) in [6.07, 6.45) is -5.34. The summed E-state index contributed by atoms with van der Waals surface area (Å²) in [5, 5.41) is 11.0. The van der Waals surface area contributed by atoms with Crippen molar-refractivity contribution >= 4 is 5.97 Å². The van der Waals surface area contributed by atoms with Crippen LogP contribution in [0.25, 0.3) is 0 Å². The minimum Gasteiger partial charge on any atom is -0.459 e. The van der Waals surface area contributed by atoms with Gasteiger partial charge < -0.3 is 19.3 Å². The van der Waals surface area contributed by atoms with E-state index in [-0.39, 0.29) is 24.5 Å². The zero-order chi connectivity index (χ0) is 20.6. The highest BCUT2D eigenvalue weighted by Gasteiger charge is 2.80. The molecule has 1 aromatic carbocycles. The monoisotopic (exact) mass is 400 g/mol. The van der Waals surface area contributed by atoms with Crippen molar-refractivity contribution in [2.45, 2.75) is 55.8 Å². The maximum absolute atomic E-state index is 14.1. The molecule has 28 heavy (non-hydrogen) atoms. The van der Waals surface area contributed by atoms with Crippen molar-refractivity contribution in [3.05, 3.63) is 35.9 Å². The van der Waals surface area contributed by atoms with Crippen LogP contribution in [0.3, 0.4) is 0 Å². The molecule has 3 aliphatic carbocycles. The number of ether oxygens (including phenoxy) is 3. The molecule has 4 aliphatic rings. The van der Waals surface area contributed by atoms with Crippen molar-refractivity contribution in [2.24, 2.45) is 11.3 Å². The highest BCUT2D eigenvalue weighted by atomic mass is 19.4. The van der Waals surface area contributed by atoms with Crippen LogP contribution in [-0.4, -0.2) is 48.3 Å². The molecular formula is C20H23F3O5. The highest BCUT2D eigenvalue weighted by Crippen LogP contribution is 2.71. The third-order valence-electron chi connectivity index (χ3n) is 7.32. The lowest BCUT2D eigenvalue weighted by molar-refractivity contribution is -0.302. The third kappa shape index (κ3) is 2.11. The number of esters is 1. The van der Waals surface area contributed by atoms with Crippen molar-refractivity contribution in [1.82, 2.24) is 0 Å². The van der Waals surface area contributed by atoms with Gasteiger partial charge in [-0.3, -0.25) is 0 Å². The minimum atomic E-state index is -5.02. The first kappa shape index (κ1) is 19.7. The Kier molecular flexibility index (Phi) is 4.01. The molecule has 0 unspecified atom stereocenters. The van der Waals surface area contributed by atoms with Crippen molar-refractivity contribution in [3.63, 3.8) is 0 Å². The van der Waals surface area contributed by atoms with Crippen LogP contribution in [0.15, 0.2) is 30.3 Å². The zero-order valence-corrected chi connectivity index (χ0v) is 15.9. The number of carbonyl (C=O) groups excluding carboxylic acids is 1. The molecule has 0 aromatic heterocycles. The average molecular weight is 400 g/mol. The third-order valence-corrected chi connectivity index (χ3v) is 7.32. The zero-order valence-electron chi connectivity index (χ0n) is 15.9. The summed E-state index contributed by atoms with van der Waals surface area (Å²) in [7, 11) is 0.847. The van der Waals surface area contributed by atoms with Gasteiger partial charge in [-0.15, -0.1) is 0 Å². The molecule has 154 valence electrons. The molecule has 1 aromatic rings. The SMILES string of the molecule is CO[C@](C(=O)O[C@@H]1C[C@]2(C)OC[C@@]3(C)[C@H]1C[C@@]32O)(c1ccccc1)C(F)(F)F. The first-order chi connectivity index (χ1) is 13.0. The second-order valence-corrected chi connectivity index (χ2v) is 8.50. The van der Waals surface area contributed by atoms with Crippen LogP contribution in [0.2, 0.25) is 0 Å². The van der Waals surface area contributed by atoms with Gasteiger partial charge in [-0.1, -0.05) is 37.3 Å². The summed E-state index contributed by atoms with van der Waals surface area (Å²) in [6.45, 7) is 3.84. The number of benzene rings is 1. The van der Waals surface area contributed by atoms with Gasteiger partial charge in [0.1, 0.15) is 11.7 Å². The van der Waals surface area contributed by atoms with E-state index in [1.807, 2.05) is 6.92 Å². The molecule has 0 amide bonds. The summed E-state index contributed by atoms with van der Waals surface area (Å²) in [6, 6.07) is 6.75. The number of hydrogen-bond acceptors (Lipinski definition) is 5. The Morgan fingerprint density at radius 2 is 1.86 bits per heavy atom. The Bertz CT molecular complexity index is 787. The standard InChI is InChI=1S/C20H23F3O5/c1-16-11-27-17(2)10-14(13(16)9-18(16,17)25)28-15(24)19(26-3,20(21,22)23)12-7-5-4-6-8-12/h4-8,13-14,25H,9-11H2,1-3H3/t13-,14+,16-,17-,18+,19-/m0/s1. The predicted octanol–water partition coefficient (Wildman–Crippen LogP) is 2.95. The fraction of sp³-hybridized carbons (Fsp3) is 0.650. The van der Waals surface area contributed by atoms with Crippen molar-refractivity contribution in [2.75, 3.05) is 13.7 Å². The van der Waals surface area contributed by atoms with Crippen LogP contribution in [0, 0.1) is 11.3 Å². The summed E-state index contributed by atoms with van der Waals surface area (Å²) in [4.78, 5) is 12.9. The first-order valence-corrected chi connectivity index (χ1v) is 9.20. The molecule has 8 heteroatoms. The quantitative estimate of drug-likeness (QED) is 0.788. The van der Waals surface area contributed by atoms with Gasteiger partial charge in [0.25, 0.3) is 5.60 Å². The molecule has 5 nitrogen and oxygen atoms in total. The van der Waals surface area contributed by atoms with Crippen LogP contribution < -0.4 is 0 Å². The molecule has 4 bridgehead atoms. The van der Waals surface area contributed by atoms with Gasteiger partial charge in [-0.2, -0.15) is 13.2 Å². The number of alkyl halides is 3. The van der Waals surface area contributed by atoms with Crippen LogP contribution in [0.5, 0.6) is 0 Å². The number of carbonyl (C=O) groups is 1. The number of hydrogen-bond donors (Lipinski definition) is 1. The molecule has 1 aliphatic heterocycles. The Morgan fingerprint density at radius 3 is 2.39 bits per heavy atom. The molecular weight excluding hydrogens is 377 g/mol. The van der Waals surface area contributed by atoms with Gasteiger partial charge in [0.05, 0.1) is 12.2 Å². The molecule has 3 saturated carbocycles. The summed E-state index contributed by atoms with van der Waals surface area (Å²) < 4.78 is 58.2. The maximum Gasteiger partial charge on any atom is 0.432 e. The minimum absolute atomic E-state index is 0.141. The summed E-state index contributed by atoms with van der Waals surface area (Å²) in [5.41, 5.74) is -6.20. The smallest absolute Gasteiger partial charge is 0.432 e. The Labute approximate surface area is 160 Å². The van der Waals surface area contributed by atoms with Crippen LogP contribution in [-0.2, 0) is 24.6 Å². The van der Waals surface area contributed by atoms with Crippen LogP contribution in [0.4, 0.5) is 13.2 Å². The van der Waals surface area contributed by atoms with Gasteiger partial charge in [0.2, 0.25) is 0 Å². The number of aliphatic hydroxyl groups is 1. The van der Waals surface area contributed by atoms with E-state index >= 15 is 0 Å². The van der Waals surface area contributed by atoms with E-state index in [0.29, 0.717) is 6.42 Å². The Balaban J connectivity index is 1.67.